The molecule has 2 aromatic rings. The van der Waals surface area contributed by atoms with Gasteiger partial charge in [0, 0.05) is 15.3 Å². The molecule has 0 bridgehead atoms. The van der Waals surface area contributed by atoms with Gasteiger partial charge in [0.1, 0.15) is 0 Å². The first-order valence-electron chi connectivity index (χ1n) is 7.17. The van der Waals surface area contributed by atoms with E-state index in [4.69, 9.17) is 9.47 Å². The number of nitrogens with one attached hydrogen (secondary N) is 1. The summed E-state index contributed by atoms with van der Waals surface area (Å²) >= 11 is 1.71. The number of carbonyl (C=O) groups excluding carboxylic acids is 1. The van der Waals surface area contributed by atoms with Crippen molar-refractivity contribution in [2.24, 2.45) is 5.10 Å². The summed E-state index contributed by atoms with van der Waals surface area (Å²) in [6.45, 7) is 5.83. The average molecular weight is 332 g/mol. The van der Waals surface area contributed by atoms with Crippen LogP contribution in [-0.2, 0) is 4.79 Å². The molecular weight excluding hydrogens is 312 g/mol. The molecule has 5 nitrogen and oxygen atoms in total. The summed E-state index contributed by atoms with van der Waals surface area (Å²) in [5, 5.41) is 4.14. The van der Waals surface area contributed by atoms with E-state index in [1.807, 2.05) is 32.9 Å². The molecule has 2 rings (SSSR count). The van der Waals surface area contributed by atoms with Crippen LogP contribution in [0.15, 0.2) is 35.4 Å². The molecule has 1 heterocycles. The number of ether oxygens (including phenoxy) is 2. The van der Waals surface area contributed by atoms with Gasteiger partial charge in [-0.05, 0) is 39.0 Å². The molecule has 0 aliphatic rings. The maximum Gasteiger partial charge on any atom is 0.277 e. The van der Waals surface area contributed by atoms with Crippen molar-refractivity contribution in [2.45, 2.75) is 20.8 Å². The van der Waals surface area contributed by atoms with Gasteiger partial charge in [-0.1, -0.05) is 12.1 Å². The fourth-order valence-corrected chi connectivity index (χ4v) is 3.09. The second-order valence-corrected chi connectivity index (χ2v) is 6.46. The Balaban J connectivity index is 1.92. The topological polar surface area (TPSA) is 59.9 Å². The molecule has 0 aliphatic heterocycles. The number of aryl methyl sites for hydroxylation is 2. The lowest BCUT2D eigenvalue weighted by Crippen LogP contribution is -2.25. The molecule has 0 atom stereocenters. The molecule has 6 heteroatoms. The first kappa shape index (κ1) is 17.0. The van der Waals surface area contributed by atoms with Crippen LogP contribution in [0, 0.1) is 13.8 Å². The smallest absolute Gasteiger partial charge is 0.277 e. The van der Waals surface area contributed by atoms with Gasteiger partial charge in [0.25, 0.3) is 5.91 Å². The van der Waals surface area contributed by atoms with Gasteiger partial charge >= 0.3 is 0 Å². The molecule has 1 N–H and O–H groups in total. The third-order valence-electron chi connectivity index (χ3n) is 3.21. The number of hydrogen-bond donors (Lipinski definition) is 1. The molecule has 0 spiro atoms. The van der Waals surface area contributed by atoms with Crippen LogP contribution >= 0.6 is 11.3 Å². The van der Waals surface area contributed by atoms with E-state index in [9.17, 15) is 4.79 Å². The maximum atomic E-state index is 11.9. The van der Waals surface area contributed by atoms with Gasteiger partial charge in [-0.2, -0.15) is 5.10 Å². The summed E-state index contributed by atoms with van der Waals surface area (Å²) < 4.78 is 10.6. The number of para-hydroxylation sites is 2. The predicted molar refractivity (Wildman–Crippen MR) is 92.6 cm³/mol. The van der Waals surface area contributed by atoms with Crippen molar-refractivity contribution in [2.75, 3.05) is 13.7 Å². The number of amides is 1. The Morgan fingerprint density at radius 1 is 1.26 bits per heavy atom. The molecule has 0 aliphatic carbocycles. The highest BCUT2D eigenvalue weighted by atomic mass is 32.1. The predicted octanol–water partition coefficient (Wildman–Crippen LogP) is 3.29. The van der Waals surface area contributed by atoms with E-state index in [1.54, 1.807) is 30.6 Å². The van der Waals surface area contributed by atoms with Crippen LogP contribution in [0.5, 0.6) is 11.5 Å². The van der Waals surface area contributed by atoms with Crippen LogP contribution in [0.1, 0.15) is 22.2 Å². The van der Waals surface area contributed by atoms with Crippen molar-refractivity contribution in [3.8, 4) is 11.5 Å². The number of carbonyl (C=O) groups is 1. The second kappa shape index (κ2) is 7.78. The fourth-order valence-electron chi connectivity index (χ4n) is 2.11. The van der Waals surface area contributed by atoms with Crippen molar-refractivity contribution >= 4 is 23.0 Å². The molecule has 1 amide bonds. The molecule has 1 aromatic heterocycles. The molecule has 0 saturated heterocycles. The SMILES string of the molecule is COc1ccccc1OCC(=O)N/N=C(/C)c1cc(C)sc1C. The highest BCUT2D eigenvalue weighted by Gasteiger charge is 2.08. The van der Waals surface area contributed by atoms with E-state index < -0.39 is 0 Å². The third-order valence-corrected chi connectivity index (χ3v) is 4.17. The van der Waals surface area contributed by atoms with E-state index in [-0.39, 0.29) is 12.5 Å². The number of benzene rings is 1. The quantitative estimate of drug-likeness (QED) is 0.652. The van der Waals surface area contributed by atoms with Gasteiger partial charge in [-0.3, -0.25) is 4.79 Å². The van der Waals surface area contributed by atoms with Crippen molar-refractivity contribution in [1.29, 1.82) is 0 Å². The summed E-state index contributed by atoms with van der Waals surface area (Å²) in [4.78, 5) is 14.3. The van der Waals surface area contributed by atoms with E-state index in [0.29, 0.717) is 11.5 Å². The molecule has 122 valence electrons. The second-order valence-electron chi connectivity index (χ2n) is 5.00. The van der Waals surface area contributed by atoms with Gasteiger partial charge in [-0.15, -0.1) is 11.3 Å². The van der Waals surface area contributed by atoms with E-state index in [0.717, 1.165) is 11.3 Å². The van der Waals surface area contributed by atoms with Crippen molar-refractivity contribution in [3.63, 3.8) is 0 Å². The van der Waals surface area contributed by atoms with Crippen LogP contribution in [0.25, 0.3) is 0 Å². The van der Waals surface area contributed by atoms with Crippen molar-refractivity contribution < 1.29 is 14.3 Å². The number of hydrogen-bond acceptors (Lipinski definition) is 5. The van der Waals surface area contributed by atoms with Gasteiger partial charge in [0.05, 0.1) is 12.8 Å². The minimum absolute atomic E-state index is 0.126. The minimum Gasteiger partial charge on any atom is -0.493 e. The minimum atomic E-state index is -0.320. The largest absolute Gasteiger partial charge is 0.493 e. The van der Waals surface area contributed by atoms with Crippen LogP contribution in [0.3, 0.4) is 0 Å². The van der Waals surface area contributed by atoms with E-state index in [1.165, 1.54) is 9.75 Å². The third kappa shape index (κ3) is 4.56. The van der Waals surface area contributed by atoms with Gasteiger partial charge in [-0.25, -0.2) is 5.43 Å². The number of nitrogens with zero attached hydrogens (tertiary/aromatic N) is 1. The first-order valence-corrected chi connectivity index (χ1v) is 7.99. The van der Waals surface area contributed by atoms with Gasteiger partial charge < -0.3 is 9.47 Å². The summed E-state index contributed by atoms with van der Waals surface area (Å²) in [6, 6.07) is 9.25. The Kier molecular flexibility index (Phi) is 5.76. The number of thiophene rings is 1. The van der Waals surface area contributed by atoms with Crippen molar-refractivity contribution in [1.82, 2.24) is 5.43 Å². The van der Waals surface area contributed by atoms with Crippen LogP contribution in [-0.4, -0.2) is 25.3 Å². The summed E-state index contributed by atoms with van der Waals surface area (Å²) in [5.41, 5.74) is 4.34. The zero-order chi connectivity index (χ0) is 16.8. The van der Waals surface area contributed by atoms with Crippen molar-refractivity contribution in [3.05, 3.63) is 45.6 Å². The Morgan fingerprint density at radius 3 is 2.57 bits per heavy atom. The summed E-state index contributed by atoms with van der Waals surface area (Å²) in [5.74, 6) is 0.791. The molecule has 0 fully saturated rings. The number of hydrazone groups is 1. The Bertz CT molecular complexity index is 722. The lowest BCUT2D eigenvalue weighted by molar-refractivity contribution is -0.123. The molecule has 1 aromatic carbocycles. The highest BCUT2D eigenvalue weighted by molar-refractivity contribution is 7.12. The molecule has 0 radical (unpaired) electrons. The van der Waals surface area contributed by atoms with Crippen LogP contribution in [0.4, 0.5) is 0 Å². The first-order chi connectivity index (χ1) is 11.0. The van der Waals surface area contributed by atoms with Gasteiger partial charge in [0.2, 0.25) is 0 Å². The van der Waals surface area contributed by atoms with Gasteiger partial charge in [0.15, 0.2) is 18.1 Å². The lowest BCUT2D eigenvalue weighted by Gasteiger charge is -2.09. The molecular formula is C17H20N2O3S. The molecule has 23 heavy (non-hydrogen) atoms. The Hall–Kier alpha value is -2.34. The highest BCUT2D eigenvalue weighted by Crippen LogP contribution is 2.25. The fraction of sp³-hybridized carbons (Fsp3) is 0.294. The number of rotatable bonds is 6. The summed E-state index contributed by atoms with van der Waals surface area (Å²) in [7, 11) is 1.56. The van der Waals surface area contributed by atoms with E-state index >= 15 is 0 Å². The summed E-state index contributed by atoms with van der Waals surface area (Å²) in [6.07, 6.45) is 0. The van der Waals surface area contributed by atoms with Crippen LogP contribution in [0.2, 0.25) is 0 Å². The van der Waals surface area contributed by atoms with Crippen LogP contribution < -0.4 is 14.9 Å². The van der Waals surface area contributed by atoms with E-state index in [2.05, 4.69) is 16.6 Å². The standard InChI is InChI=1S/C17H20N2O3S/c1-11-9-14(13(3)23-11)12(2)18-19-17(20)10-22-16-8-6-5-7-15(16)21-4/h5-9H,10H2,1-4H3,(H,19,20)/b18-12-. The molecule has 0 unspecified atom stereocenters. The molecule has 0 saturated carbocycles. The zero-order valence-electron chi connectivity index (χ0n) is 13.7. The normalized spacial score (nSPS) is 11.2. The monoisotopic (exact) mass is 332 g/mol. The number of methoxy groups -OCH3 is 1. The maximum absolute atomic E-state index is 11.9. The average Bonchev–Trinajstić information content (AvgIpc) is 2.89. The lowest BCUT2D eigenvalue weighted by atomic mass is 10.2. The Morgan fingerprint density at radius 2 is 1.96 bits per heavy atom. The Labute approximate surface area is 139 Å². The zero-order valence-corrected chi connectivity index (χ0v) is 14.5.